The first-order chi connectivity index (χ1) is 18.5. The third-order valence-electron chi connectivity index (χ3n) is 7.49. The van der Waals surface area contributed by atoms with E-state index in [2.05, 4.69) is 60.0 Å². The van der Waals surface area contributed by atoms with Gasteiger partial charge in [-0.3, -0.25) is 15.1 Å². The Balaban J connectivity index is 1.27. The van der Waals surface area contributed by atoms with E-state index in [0.717, 1.165) is 67.1 Å². The summed E-state index contributed by atoms with van der Waals surface area (Å²) in [5.41, 5.74) is 6.26. The second-order valence-electron chi connectivity index (χ2n) is 10.2. The Morgan fingerprint density at radius 1 is 1.08 bits per heavy atom. The molecule has 5 heterocycles. The summed E-state index contributed by atoms with van der Waals surface area (Å²) < 4.78 is 16.1. The number of pyridine rings is 2. The van der Waals surface area contributed by atoms with Crippen LogP contribution < -0.4 is 10.2 Å². The number of benzene rings is 1. The molecule has 0 bridgehead atoms. The number of aromatic nitrogens is 6. The zero-order valence-electron chi connectivity index (χ0n) is 21.1. The van der Waals surface area contributed by atoms with Gasteiger partial charge in [0.05, 0.1) is 40.2 Å². The highest BCUT2D eigenvalue weighted by molar-refractivity contribution is 5.97. The fourth-order valence-corrected chi connectivity index (χ4v) is 5.14. The monoisotopic (exact) mass is 509 g/mol. The quantitative estimate of drug-likeness (QED) is 0.303. The van der Waals surface area contributed by atoms with Crippen LogP contribution in [-0.4, -0.2) is 68.3 Å². The van der Waals surface area contributed by atoms with E-state index in [-0.39, 0.29) is 5.69 Å². The average molecular weight is 510 g/mol. The van der Waals surface area contributed by atoms with Crippen molar-refractivity contribution < 1.29 is 4.39 Å². The molecule has 7 rings (SSSR count). The van der Waals surface area contributed by atoms with Gasteiger partial charge in [0.25, 0.3) is 0 Å². The van der Waals surface area contributed by atoms with Crippen LogP contribution in [-0.2, 0) is 0 Å². The molecule has 0 radical (unpaired) electrons. The van der Waals surface area contributed by atoms with Crippen molar-refractivity contribution in [3.8, 4) is 22.8 Å². The summed E-state index contributed by atoms with van der Waals surface area (Å²) in [6.45, 7) is 7.98. The van der Waals surface area contributed by atoms with Crippen molar-refractivity contribution in [1.29, 1.82) is 0 Å². The molecule has 192 valence electrons. The Bertz CT molecular complexity index is 1670. The number of nitrogens with zero attached hydrogens (tertiary/aromatic N) is 6. The minimum absolute atomic E-state index is 0.211. The highest BCUT2D eigenvalue weighted by atomic mass is 19.1. The first kappa shape index (κ1) is 22.9. The van der Waals surface area contributed by atoms with Crippen LogP contribution in [0.2, 0.25) is 0 Å². The number of likely N-dealkylation sites (N-methyl/N-ethyl adjacent to an activating group) is 1. The summed E-state index contributed by atoms with van der Waals surface area (Å²) in [5.74, 6) is 0.544. The van der Waals surface area contributed by atoms with Crippen LogP contribution in [0.15, 0.2) is 55.1 Å². The minimum Gasteiger partial charge on any atom is -0.367 e. The van der Waals surface area contributed by atoms with Gasteiger partial charge in [-0.25, -0.2) is 9.37 Å². The molecule has 2 fully saturated rings. The Morgan fingerprint density at radius 2 is 1.92 bits per heavy atom. The number of fused-ring (bicyclic) bond motifs is 2. The summed E-state index contributed by atoms with van der Waals surface area (Å²) in [4.78, 5) is 21.6. The van der Waals surface area contributed by atoms with E-state index in [1.165, 1.54) is 0 Å². The molecule has 1 aliphatic carbocycles. The van der Waals surface area contributed by atoms with Crippen LogP contribution in [0, 0.1) is 11.7 Å². The molecular weight excluding hydrogens is 481 g/mol. The second-order valence-corrected chi connectivity index (χ2v) is 10.2. The minimum atomic E-state index is -0.467. The number of hydrogen-bond donors (Lipinski definition) is 3. The van der Waals surface area contributed by atoms with Crippen LogP contribution in [0.4, 0.5) is 15.8 Å². The number of para-hydroxylation sites is 1. The van der Waals surface area contributed by atoms with Crippen molar-refractivity contribution in [3.63, 3.8) is 0 Å². The lowest BCUT2D eigenvalue weighted by molar-refractivity contribution is 0.313. The van der Waals surface area contributed by atoms with Crippen molar-refractivity contribution >= 4 is 33.3 Å². The number of nitrogens with one attached hydrogen (secondary N) is 3. The number of allylic oxidation sites excluding steroid dienone is 1. The lowest BCUT2D eigenvalue weighted by Gasteiger charge is -2.34. The second kappa shape index (κ2) is 8.91. The van der Waals surface area contributed by atoms with Crippen molar-refractivity contribution in [3.05, 3.63) is 60.9 Å². The molecule has 9 nitrogen and oxygen atoms in total. The third-order valence-corrected chi connectivity index (χ3v) is 7.49. The highest BCUT2D eigenvalue weighted by Crippen LogP contribution is 2.37. The number of rotatable bonds is 6. The predicted octanol–water partition coefficient (Wildman–Crippen LogP) is 4.79. The predicted molar refractivity (Wildman–Crippen MR) is 147 cm³/mol. The van der Waals surface area contributed by atoms with Crippen molar-refractivity contribution in [2.75, 3.05) is 43.4 Å². The molecule has 1 aromatic carbocycles. The fourth-order valence-electron chi connectivity index (χ4n) is 5.14. The molecule has 5 aromatic rings. The summed E-state index contributed by atoms with van der Waals surface area (Å²) in [7, 11) is 2.14. The maximum absolute atomic E-state index is 16.1. The zero-order valence-corrected chi connectivity index (χ0v) is 21.1. The normalized spacial score (nSPS) is 16.4. The number of halogens is 1. The van der Waals surface area contributed by atoms with Gasteiger partial charge in [0, 0.05) is 43.6 Å². The molecule has 10 heteroatoms. The molecule has 2 aliphatic rings. The van der Waals surface area contributed by atoms with Crippen molar-refractivity contribution in [1.82, 2.24) is 35.0 Å². The van der Waals surface area contributed by atoms with Crippen LogP contribution in [0.3, 0.4) is 0 Å². The number of piperazine rings is 1. The molecule has 1 saturated heterocycles. The first-order valence-corrected chi connectivity index (χ1v) is 12.9. The first-order valence-electron chi connectivity index (χ1n) is 12.9. The van der Waals surface area contributed by atoms with Gasteiger partial charge >= 0.3 is 0 Å². The van der Waals surface area contributed by atoms with Crippen LogP contribution in [0.1, 0.15) is 12.8 Å². The van der Waals surface area contributed by atoms with Crippen LogP contribution in [0.25, 0.3) is 44.7 Å². The Kier molecular flexibility index (Phi) is 5.36. The molecule has 4 aromatic heterocycles. The van der Waals surface area contributed by atoms with E-state index >= 15 is 4.39 Å². The van der Waals surface area contributed by atoms with Gasteiger partial charge in [-0.15, -0.1) is 0 Å². The van der Waals surface area contributed by atoms with E-state index in [4.69, 9.17) is 4.98 Å². The molecule has 38 heavy (non-hydrogen) atoms. The number of imidazole rings is 1. The molecule has 0 amide bonds. The number of H-pyrrole nitrogens is 2. The molecule has 0 atom stereocenters. The van der Waals surface area contributed by atoms with Gasteiger partial charge in [-0.2, -0.15) is 5.10 Å². The molecule has 0 unspecified atom stereocenters. The summed E-state index contributed by atoms with van der Waals surface area (Å²) >= 11 is 0. The van der Waals surface area contributed by atoms with E-state index in [9.17, 15) is 0 Å². The molecular formula is C28H28FN9. The largest absolute Gasteiger partial charge is 0.367 e. The highest BCUT2D eigenvalue weighted by Gasteiger charge is 2.25. The van der Waals surface area contributed by atoms with E-state index in [1.54, 1.807) is 18.6 Å². The van der Waals surface area contributed by atoms with Crippen molar-refractivity contribution in [2.24, 2.45) is 5.92 Å². The zero-order chi connectivity index (χ0) is 25.8. The molecule has 3 N–H and O–H groups in total. The van der Waals surface area contributed by atoms with Gasteiger partial charge in [0.1, 0.15) is 16.9 Å². The molecule has 1 aliphatic heterocycles. The van der Waals surface area contributed by atoms with Crippen LogP contribution >= 0.6 is 0 Å². The van der Waals surface area contributed by atoms with E-state index in [1.807, 2.05) is 18.2 Å². The van der Waals surface area contributed by atoms with Crippen molar-refractivity contribution in [2.45, 2.75) is 12.8 Å². The number of aromatic amines is 2. The van der Waals surface area contributed by atoms with E-state index in [0.29, 0.717) is 33.9 Å². The Morgan fingerprint density at radius 3 is 2.74 bits per heavy atom. The molecule has 1 saturated carbocycles. The average Bonchev–Trinajstić information content (AvgIpc) is 3.54. The Labute approximate surface area is 218 Å². The van der Waals surface area contributed by atoms with Gasteiger partial charge in [0.15, 0.2) is 11.6 Å². The lowest BCUT2D eigenvalue weighted by Crippen LogP contribution is -2.44. The third kappa shape index (κ3) is 3.97. The smallest absolute Gasteiger partial charge is 0.161 e. The Hall–Kier alpha value is -4.31. The van der Waals surface area contributed by atoms with Gasteiger partial charge < -0.3 is 20.1 Å². The van der Waals surface area contributed by atoms with E-state index < -0.39 is 5.82 Å². The fraction of sp³-hybridized carbons (Fsp3) is 0.286. The topological polar surface area (TPSA) is 102 Å². The summed E-state index contributed by atoms with van der Waals surface area (Å²) in [5, 5.41) is 11.0. The molecule has 0 spiro atoms. The van der Waals surface area contributed by atoms with Crippen LogP contribution in [0.5, 0.6) is 0 Å². The maximum Gasteiger partial charge on any atom is 0.161 e. The number of anilines is 2. The maximum atomic E-state index is 16.1. The van der Waals surface area contributed by atoms with Gasteiger partial charge in [-0.05, 0) is 44.0 Å². The number of hydrogen-bond acceptors (Lipinski definition) is 7. The lowest BCUT2D eigenvalue weighted by atomic mass is 10.1. The summed E-state index contributed by atoms with van der Waals surface area (Å²) in [6.07, 6.45) is 7.22. The SMILES string of the molecule is C=C(Nc1cncc(-c2ncc3[nH]nc(-c4nc5c(N6CCN(C)CC6)cccc5[nH]4)c3c2F)c1)C1CC1. The van der Waals surface area contributed by atoms with Gasteiger partial charge in [0.2, 0.25) is 0 Å². The van der Waals surface area contributed by atoms with Gasteiger partial charge in [-0.1, -0.05) is 12.6 Å². The standard InChI is InChI=1S/C28H28FN9/c1-16(17-6-7-17)32-19-12-18(13-30-14-19)25-24(29)23-21(15-31-25)35-36-27(23)28-33-20-4-3-5-22(26(20)34-28)38-10-8-37(2)9-11-38/h3-5,12-15,17,32H,1,6-11H2,2H3,(H,33,34)(H,35,36). The summed E-state index contributed by atoms with van der Waals surface area (Å²) in [6, 6.07) is 7.95.